The van der Waals surface area contributed by atoms with Crippen molar-refractivity contribution in [2.75, 3.05) is 6.79 Å². The van der Waals surface area contributed by atoms with Gasteiger partial charge in [-0.15, -0.1) is 0 Å². The van der Waals surface area contributed by atoms with Crippen molar-refractivity contribution >= 4 is 5.91 Å². The lowest BCUT2D eigenvalue weighted by Gasteiger charge is -2.22. The van der Waals surface area contributed by atoms with Crippen molar-refractivity contribution in [2.45, 2.75) is 25.4 Å². The van der Waals surface area contributed by atoms with E-state index in [0.717, 1.165) is 0 Å². The molecule has 0 spiro atoms. The number of nitrogens with zero attached hydrogens (tertiary/aromatic N) is 3. The zero-order valence-electron chi connectivity index (χ0n) is 15.1. The van der Waals surface area contributed by atoms with Gasteiger partial charge in [-0.3, -0.25) is 4.79 Å². The Labute approximate surface area is 163 Å². The van der Waals surface area contributed by atoms with Crippen LogP contribution in [0.1, 0.15) is 30.3 Å². The van der Waals surface area contributed by atoms with Crippen molar-refractivity contribution < 1.29 is 27.6 Å². The molecule has 1 unspecified atom stereocenters. The number of carbonyl (C=O) groups excluding carboxylic acids is 1. The quantitative estimate of drug-likeness (QED) is 0.667. The lowest BCUT2D eigenvalue weighted by molar-refractivity contribution is -0.130. The first-order valence-corrected chi connectivity index (χ1v) is 9.06. The second-order valence-corrected chi connectivity index (χ2v) is 6.80. The SMILES string of the molecule is O=C1CCC(c2nc(-c3ccc4c(c3)OCO4)no2)N1Cc1c(F)cccc1F. The Morgan fingerprint density at radius 1 is 1.10 bits per heavy atom. The van der Waals surface area contributed by atoms with Gasteiger partial charge >= 0.3 is 0 Å². The van der Waals surface area contributed by atoms with Gasteiger partial charge in [-0.05, 0) is 36.8 Å². The monoisotopic (exact) mass is 399 g/mol. The Balaban J connectivity index is 1.42. The van der Waals surface area contributed by atoms with Crippen molar-refractivity contribution in [1.82, 2.24) is 15.0 Å². The minimum atomic E-state index is -0.699. The third-order valence-electron chi connectivity index (χ3n) is 5.08. The topological polar surface area (TPSA) is 77.7 Å². The van der Waals surface area contributed by atoms with Gasteiger partial charge in [0, 0.05) is 17.5 Å². The molecule has 3 aromatic rings. The van der Waals surface area contributed by atoms with Gasteiger partial charge in [0.1, 0.15) is 17.7 Å². The summed E-state index contributed by atoms with van der Waals surface area (Å²) in [5.74, 6) is 0.152. The van der Waals surface area contributed by atoms with Crippen LogP contribution in [0.5, 0.6) is 11.5 Å². The molecule has 0 aliphatic carbocycles. The van der Waals surface area contributed by atoms with E-state index >= 15 is 0 Å². The molecule has 29 heavy (non-hydrogen) atoms. The fraction of sp³-hybridized carbons (Fsp3) is 0.250. The predicted molar refractivity (Wildman–Crippen MR) is 94.7 cm³/mol. The highest BCUT2D eigenvalue weighted by Crippen LogP contribution is 2.37. The minimum absolute atomic E-state index is 0.155. The molecule has 2 aromatic carbocycles. The number of rotatable bonds is 4. The maximum Gasteiger partial charge on any atom is 0.249 e. The first-order chi connectivity index (χ1) is 14.1. The Kier molecular flexibility index (Phi) is 4.15. The van der Waals surface area contributed by atoms with Gasteiger partial charge in [0.05, 0.1) is 6.54 Å². The summed E-state index contributed by atoms with van der Waals surface area (Å²) in [5.41, 5.74) is 0.503. The van der Waals surface area contributed by atoms with E-state index in [9.17, 15) is 13.6 Å². The van der Waals surface area contributed by atoms with Gasteiger partial charge in [-0.1, -0.05) is 11.2 Å². The molecular formula is C20H15F2N3O4. The molecule has 1 amide bonds. The average Bonchev–Trinajstić information content (AvgIpc) is 3.44. The summed E-state index contributed by atoms with van der Waals surface area (Å²) < 4.78 is 44.1. The van der Waals surface area contributed by atoms with Crippen molar-refractivity contribution in [1.29, 1.82) is 0 Å². The van der Waals surface area contributed by atoms with Gasteiger partial charge in [-0.2, -0.15) is 4.98 Å². The van der Waals surface area contributed by atoms with Crippen molar-refractivity contribution in [2.24, 2.45) is 0 Å². The molecule has 148 valence electrons. The highest BCUT2D eigenvalue weighted by molar-refractivity contribution is 5.79. The van der Waals surface area contributed by atoms with E-state index in [1.54, 1.807) is 18.2 Å². The first-order valence-electron chi connectivity index (χ1n) is 9.06. The minimum Gasteiger partial charge on any atom is -0.454 e. The van der Waals surface area contributed by atoms with Gasteiger partial charge < -0.3 is 18.9 Å². The summed E-state index contributed by atoms with van der Waals surface area (Å²) in [6.45, 7) is -0.0498. The zero-order chi connectivity index (χ0) is 20.0. The van der Waals surface area contributed by atoms with Crippen LogP contribution < -0.4 is 9.47 Å². The predicted octanol–water partition coefficient (Wildman–Crippen LogP) is 3.61. The maximum absolute atomic E-state index is 14.0. The fourth-order valence-electron chi connectivity index (χ4n) is 3.57. The molecule has 0 bridgehead atoms. The van der Waals surface area contributed by atoms with Gasteiger partial charge in [0.15, 0.2) is 11.5 Å². The Hall–Kier alpha value is -3.49. The molecule has 1 fully saturated rings. The number of ether oxygens (including phenoxy) is 2. The van der Waals surface area contributed by atoms with E-state index in [1.807, 2.05) is 0 Å². The third kappa shape index (κ3) is 3.08. The number of carbonyl (C=O) groups is 1. The number of halogens is 2. The molecule has 0 saturated carbocycles. The smallest absolute Gasteiger partial charge is 0.249 e. The second-order valence-electron chi connectivity index (χ2n) is 6.80. The molecule has 7 nitrogen and oxygen atoms in total. The van der Waals surface area contributed by atoms with E-state index in [4.69, 9.17) is 14.0 Å². The molecular weight excluding hydrogens is 384 g/mol. The molecule has 1 saturated heterocycles. The van der Waals surface area contributed by atoms with Crippen LogP contribution in [-0.4, -0.2) is 27.7 Å². The van der Waals surface area contributed by atoms with E-state index in [1.165, 1.54) is 23.1 Å². The first kappa shape index (κ1) is 17.6. The van der Waals surface area contributed by atoms with Gasteiger partial charge in [0.25, 0.3) is 0 Å². The largest absolute Gasteiger partial charge is 0.454 e. The summed E-state index contributed by atoms with van der Waals surface area (Å²) in [7, 11) is 0. The standard InChI is InChI=1S/C20H15F2N3O4/c21-13-2-1-3-14(22)12(13)9-25-15(5-7-18(25)26)20-23-19(24-29-20)11-4-6-16-17(8-11)28-10-27-16/h1-4,6,8,15H,5,7,9-10H2. The molecule has 3 heterocycles. The summed E-state index contributed by atoms with van der Waals surface area (Å²) in [6.07, 6.45) is 0.667. The van der Waals surface area contributed by atoms with E-state index in [0.29, 0.717) is 29.3 Å². The number of hydrogen-bond acceptors (Lipinski definition) is 6. The van der Waals surface area contributed by atoms with Gasteiger partial charge in [0.2, 0.25) is 24.4 Å². The van der Waals surface area contributed by atoms with Crippen LogP contribution in [0.3, 0.4) is 0 Å². The third-order valence-corrected chi connectivity index (χ3v) is 5.08. The van der Waals surface area contributed by atoms with Gasteiger partial charge in [-0.25, -0.2) is 8.78 Å². The van der Waals surface area contributed by atoms with E-state index in [-0.39, 0.29) is 37.1 Å². The normalized spacial score (nSPS) is 17.9. The number of hydrogen-bond donors (Lipinski definition) is 0. The average molecular weight is 399 g/mol. The summed E-state index contributed by atoms with van der Waals surface area (Å²) in [6, 6.07) is 8.33. The molecule has 0 radical (unpaired) electrons. The molecule has 1 atom stereocenters. The van der Waals surface area contributed by atoms with E-state index < -0.39 is 17.7 Å². The van der Waals surface area contributed by atoms with Crippen molar-refractivity contribution in [3.63, 3.8) is 0 Å². The van der Waals surface area contributed by atoms with Crippen LogP contribution in [0.2, 0.25) is 0 Å². The van der Waals surface area contributed by atoms with Crippen LogP contribution in [-0.2, 0) is 11.3 Å². The molecule has 5 rings (SSSR count). The van der Waals surface area contributed by atoms with Crippen LogP contribution in [0.4, 0.5) is 8.78 Å². The summed E-state index contributed by atoms with van der Waals surface area (Å²) >= 11 is 0. The fourth-order valence-corrected chi connectivity index (χ4v) is 3.57. The molecule has 0 N–H and O–H groups in total. The van der Waals surface area contributed by atoms with Crippen molar-refractivity contribution in [3.05, 3.63) is 59.5 Å². The number of fused-ring (bicyclic) bond motifs is 1. The summed E-state index contributed by atoms with van der Waals surface area (Å²) in [5, 5.41) is 3.99. The number of amides is 1. The highest BCUT2D eigenvalue weighted by atomic mass is 19.1. The number of likely N-dealkylation sites (tertiary alicyclic amines) is 1. The van der Waals surface area contributed by atoms with Crippen LogP contribution >= 0.6 is 0 Å². The van der Waals surface area contributed by atoms with E-state index in [2.05, 4.69) is 10.1 Å². The molecule has 2 aliphatic heterocycles. The number of benzene rings is 2. The lowest BCUT2D eigenvalue weighted by Crippen LogP contribution is -2.28. The highest BCUT2D eigenvalue weighted by Gasteiger charge is 2.37. The molecule has 9 heteroatoms. The zero-order valence-corrected chi connectivity index (χ0v) is 15.1. The molecule has 2 aliphatic rings. The van der Waals surface area contributed by atoms with Crippen LogP contribution in [0.25, 0.3) is 11.4 Å². The van der Waals surface area contributed by atoms with Crippen LogP contribution in [0.15, 0.2) is 40.9 Å². The summed E-state index contributed by atoms with van der Waals surface area (Å²) in [4.78, 5) is 18.1. The molecule has 1 aromatic heterocycles. The van der Waals surface area contributed by atoms with Crippen LogP contribution in [0, 0.1) is 11.6 Å². The Morgan fingerprint density at radius 2 is 1.90 bits per heavy atom. The maximum atomic E-state index is 14.0. The van der Waals surface area contributed by atoms with Crippen molar-refractivity contribution in [3.8, 4) is 22.9 Å². The Bertz CT molecular complexity index is 1080. The second kappa shape index (κ2) is 6.84. The number of aromatic nitrogens is 2. The Morgan fingerprint density at radius 3 is 2.72 bits per heavy atom. The lowest BCUT2D eigenvalue weighted by atomic mass is 10.1.